The van der Waals surface area contributed by atoms with E-state index in [1.54, 1.807) is 4.68 Å². The molecule has 0 atom stereocenters. The number of carbonyl (C=O) groups is 1. The maximum absolute atomic E-state index is 11.8. The molecule has 0 unspecified atom stereocenters. The van der Waals surface area contributed by atoms with Crippen LogP contribution in [0.15, 0.2) is 18.3 Å². The lowest BCUT2D eigenvalue weighted by Gasteiger charge is -2.06. The Morgan fingerprint density at radius 3 is 3.06 bits per heavy atom. The van der Waals surface area contributed by atoms with E-state index in [4.69, 9.17) is 5.73 Å². The van der Waals surface area contributed by atoms with E-state index in [-0.39, 0.29) is 5.91 Å². The van der Waals surface area contributed by atoms with Crippen molar-refractivity contribution in [3.63, 3.8) is 0 Å². The highest BCUT2D eigenvalue weighted by molar-refractivity contribution is 5.97. The number of anilines is 1. The van der Waals surface area contributed by atoms with Crippen molar-refractivity contribution >= 4 is 11.6 Å². The Hall–Kier alpha value is -1.78. The van der Waals surface area contributed by atoms with E-state index in [2.05, 4.69) is 10.4 Å². The molecule has 1 aromatic rings. The van der Waals surface area contributed by atoms with Gasteiger partial charge in [-0.3, -0.25) is 9.48 Å². The van der Waals surface area contributed by atoms with Crippen molar-refractivity contribution in [3.8, 4) is 0 Å². The normalized spacial score (nSPS) is 10.9. The molecule has 0 saturated heterocycles. The monoisotopic (exact) mass is 222 g/mol. The van der Waals surface area contributed by atoms with Crippen LogP contribution in [-0.2, 0) is 6.54 Å². The first-order valence-electron chi connectivity index (χ1n) is 5.41. The lowest BCUT2D eigenvalue weighted by Crippen LogP contribution is -2.27. The minimum absolute atomic E-state index is 0.165. The molecule has 5 nitrogen and oxygen atoms in total. The van der Waals surface area contributed by atoms with Crippen LogP contribution in [0.2, 0.25) is 0 Å². The number of nitrogens with zero attached hydrogens (tertiary/aromatic N) is 2. The number of allylic oxidation sites excluding steroid dienone is 1. The summed E-state index contributed by atoms with van der Waals surface area (Å²) in [6.45, 7) is 5.11. The van der Waals surface area contributed by atoms with E-state index >= 15 is 0 Å². The Morgan fingerprint density at radius 1 is 1.69 bits per heavy atom. The van der Waals surface area contributed by atoms with Crippen LogP contribution in [-0.4, -0.2) is 22.2 Å². The van der Waals surface area contributed by atoms with Crippen molar-refractivity contribution in [1.29, 1.82) is 0 Å². The topological polar surface area (TPSA) is 72.9 Å². The van der Waals surface area contributed by atoms with E-state index in [9.17, 15) is 4.79 Å². The lowest BCUT2D eigenvalue weighted by molar-refractivity contribution is 0.0944. The number of aromatic nitrogens is 2. The molecule has 0 spiro atoms. The van der Waals surface area contributed by atoms with Gasteiger partial charge in [-0.15, -0.1) is 0 Å². The molecule has 5 heteroatoms. The summed E-state index contributed by atoms with van der Waals surface area (Å²) in [5.74, 6) is -0.165. The van der Waals surface area contributed by atoms with Gasteiger partial charge >= 0.3 is 0 Å². The van der Waals surface area contributed by atoms with Crippen LogP contribution in [0.25, 0.3) is 0 Å². The molecule has 0 aromatic carbocycles. The van der Waals surface area contributed by atoms with Crippen LogP contribution in [0.5, 0.6) is 0 Å². The van der Waals surface area contributed by atoms with E-state index < -0.39 is 0 Å². The zero-order valence-corrected chi connectivity index (χ0v) is 9.73. The first kappa shape index (κ1) is 12.3. The number of carbonyl (C=O) groups excluding carboxylic acids is 1. The van der Waals surface area contributed by atoms with Crippen molar-refractivity contribution in [2.75, 3.05) is 12.3 Å². The van der Waals surface area contributed by atoms with Crippen LogP contribution in [0.3, 0.4) is 0 Å². The number of nitrogen functional groups attached to an aromatic ring is 1. The molecule has 1 heterocycles. The highest BCUT2D eigenvalue weighted by Crippen LogP contribution is 2.10. The van der Waals surface area contributed by atoms with Gasteiger partial charge in [0.15, 0.2) is 0 Å². The third kappa shape index (κ3) is 2.85. The summed E-state index contributed by atoms with van der Waals surface area (Å²) in [7, 11) is 0. The number of aryl methyl sites for hydroxylation is 1. The molecule has 0 aliphatic carbocycles. The average Bonchev–Trinajstić information content (AvgIpc) is 2.65. The fraction of sp³-hybridized carbons (Fsp3) is 0.455. The minimum atomic E-state index is -0.165. The van der Waals surface area contributed by atoms with Gasteiger partial charge in [0.1, 0.15) is 5.69 Å². The molecule has 1 rings (SSSR count). The van der Waals surface area contributed by atoms with E-state index in [1.165, 1.54) is 6.20 Å². The SMILES string of the molecule is C/C=C/CCNC(=O)c1c(N)cnn1CC. The van der Waals surface area contributed by atoms with Crippen molar-refractivity contribution < 1.29 is 4.79 Å². The third-order valence-electron chi connectivity index (χ3n) is 2.21. The smallest absolute Gasteiger partial charge is 0.271 e. The minimum Gasteiger partial charge on any atom is -0.396 e. The zero-order chi connectivity index (χ0) is 12.0. The predicted molar refractivity (Wildman–Crippen MR) is 64.1 cm³/mol. The highest BCUT2D eigenvalue weighted by atomic mass is 16.2. The summed E-state index contributed by atoms with van der Waals surface area (Å²) in [4.78, 5) is 11.8. The van der Waals surface area contributed by atoms with Gasteiger partial charge < -0.3 is 11.1 Å². The van der Waals surface area contributed by atoms with Crippen LogP contribution in [0, 0.1) is 0 Å². The van der Waals surface area contributed by atoms with Gasteiger partial charge in [0, 0.05) is 13.1 Å². The van der Waals surface area contributed by atoms with Crippen LogP contribution in [0.1, 0.15) is 30.8 Å². The fourth-order valence-electron chi connectivity index (χ4n) is 1.41. The molecule has 88 valence electrons. The molecule has 0 bridgehead atoms. The molecule has 0 fully saturated rings. The molecule has 0 aliphatic rings. The van der Waals surface area contributed by atoms with Gasteiger partial charge in [-0.2, -0.15) is 5.10 Å². The van der Waals surface area contributed by atoms with Crippen molar-refractivity contribution in [1.82, 2.24) is 15.1 Å². The Labute approximate surface area is 95.3 Å². The summed E-state index contributed by atoms with van der Waals surface area (Å²) >= 11 is 0. The first-order valence-corrected chi connectivity index (χ1v) is 5.41. The number of nitrogens with one attached hydrogen (secondary N) is 1. The van der Waals surface area contributed by atoms with Crippen molar-refractivity contribution in [3.05, 3.63) is 24.0 Å². The maximum atomic E-state index is 11.8. The van der Waals surface area contributed by atoms with Gasteiger partial charge in [-0.05, 0) is 20.3 Å². The highest BCUT2D eigenvalue weighted by Gasteiger charge is 2.14. The number of amides is 1. The molecule has 1 amide bonds. The maximum Gasteiger partial charge on any atom is 0.271 e. The average molecular weight is 222 g/mol. The van der Waals surface area contributed by atoms with Gasteiger partial charge in [-0.25, -0.2) is 0 Å². The zero-order valence-electron chi connectivity index (χ0n) is 9.73. The Bertz CT molecular complexity index is 381. The van der Waals surface area contributed by atoms with Crippen LogP contribution in [0.4, 0.5) is 5.69 Å². The second-order valence-electron chi connectivity index (χ2n) is 3.38. The van der Waals surface area contributed by atoms with E-state index in [0.29, 0.717) is 24.5 Å². The van der Waals surface area contributed by atoms with E-state index in [0.717, 1.165) is 6.42 Å². The Kier molecular flexibility index (Phi) is 4.57. The standard InChI is InChI=1S/C11H18N4O/c1-3-5-6-7-13-11(16)10-9(12)8-14-15(10)4-2/h3,5,8H,4,6-7,12H2,1-2H3,(H,13,16)/b5-3+. The Morgan fingerprint density at radius 2 is 2.44 bits per heavy atom. The summed E-state index contributed by atoms with van der Waals surface area (Å²) in [6, 6.07) is 0. The quantitative estimate of drug-likeness (QED) is 0.580. The van der Waals surface area contributed by atoms with Gasteiger partial charge in [-0.1, -0.05) is 12.2 Å². The second kappa shape index (κ2) is 5.95. The summed E-state index contributed by atoms with van der Waals surface area (Å²) < 4.78 is 1.60. The third-order valence-corrected chi connectivity index (χ3v) is 2.21. The second-order valence-corrected chi connectivity index (χ2v) is 3.38. The summed E-state index contributed by atoms with van der Waals surface area (Å²) in [5, 5.41) is 6.82. The molecule has 0 radical (unpaired) electrons. The largest absolute Gasteiger partial charge is 0.396 e. The lowest BCUT2D eigenvalue weighted by atomic mass is 10.3. The predicted octanol–water partition coefficient (Wildman–Crippen LogP) is 1.18. The molecule has 16 heavy (non-hydrogen) atoms. The number of rotatable bonds is 5. The molecular weight excluding hydrogens is 204 g/mol. The first-order chi connectivity index (χ1) is 7.70. The molecular formula is C11H18N4O. The van der Waals surface area contributed by atoms with Gasteiger partial charge in [0.05, 0.1) is 11.9 Å². The molecule has 3 N–H and O–H groups in total. The summed E-state index contributed by atoms with van der Waals surface area (Å²) in [5.41, 5.74) is 6.56. The van der Waals surface area contributed by atoms with Crippen molar-refractivity contribution in [2.45, 2.75) is 26.8 Å². The number of hydrogen-bond acceptors (Lipinski definition) is 3. The molecule has 0 aliphatic heterocycles. The number of hydrogen-bond donors (Lipinski definition) is 2. The van der Waals surface area contributed by atoms with E-state index in [1.807, 2.05) is 26.0 Å². The van der Waals surface area contributed by atoms with Gasteiger partial charge in [0.2, 0.25) is 0 Å². The molecule has 0 saturated carbocycles. The van der Waals surface area contributed by atoms with Crippen LogP contribution < -0.4 is 11.1 Å². The number of nitrogens with two attached hydrogens (primary N) is 1. The van der Waals surface area contributed by atoms with Crippen molar-refractivity contribution in [2.24, 2.45) is 0 Å². The fourth-order valence-corrected chi connectivity index (χ4v) is 1.41. The van der Waals surface area contributed by atoms with Crippen LogP contribution >= 0.6 is 0 Å². The van der Waals surface area contributed by atoms with Gasteiger partial charge in [0.25, 0.3) is 5.91 Å². The summed E-state index contributed by atoms with van der Waals surface area (Å²) in [6.07, 6.45) is 6.28. The Balaban J connectivity index is 2.61. The molecule has 1 aromatic heterocycles.